The quantitative estimate of drug-likeness (QED) is 0.604. The maximum Gasteiger partial charge on any atom is 0.325 e. The molecule has 2 fully saturated rings. The van der Waals surface area contributed by atoms with Crippen LogP contribution in [0.5, 0.6) is 0 Å². The summed E-state index contributed by atoms with van der Waals surface area (Å²) in [5.74, 6) is -1.05. The Morgan fingerprint density at radius 2 is 1.76 bits per heavy atom. The Bertz CT molecular complexity index is 1140. The Hall–Kier alpha value is -2.76. The lowest BCUT2D eigenvalue weighted by Gasteiger charge is -2.20. The van der Waals surface area contributed by atoms with E-state index in [9.17, 15) is 22.8 Å². The van der Waals surface area contributed by atoms with Gasteiger partial charge in [-0.2, -0.15) is 4.31 Å². The van der Waals surface area contributed by atoms with Crippen LogP contribution in [0.1, 0.15) is 37.5 Å². The number of anilines is 1. The van der Waals surface area contributed by atoms with Crippen molar-refractivity contribution in [3.05, 3.63) is 46.7 Å². The lowest BCUT2D eigenvalue weighted by atomic mass is 10.0. The zero-order valence-corrected chi connectivity index (χ0v) is 19.9. The van der Waals surface area contributed by atoms with E-state index in [2.05, 4.69) is 10.6 Å². The monoisotopic (exact) mass is 490 g/mol. The number of benzene rings is 1. The normalized spacial score (nSPS) is 22.2. The molecule has 2 aromatic rings. The number of carbonyl (C=O) groups excluding carboxylic acids is 3. The molecular weight excluding hydrogens is 464 g/mol. The molecule has 1 atom stereocenters. The molecule has 176 valence electrons. The molecule has 0 aliphatic carbocycles. The molecule has 0 radical (unpaired) electrons. The number of urea groups is 1. The van der Waals surface area contributed by atoms with Crippen LogP contribution in [-0.4, -0.2) is 55.1 Å². The number of thiophene rings is 1. The van der Waals surface area contributed by atoms with Crippen LogP contribution in [0.15, 0.2) is 46.7 Å². The second-order valence-electron chi connectivity index (χ2n) is 8.31. The van der Waals surface area contributed by atoms with Gasteiger partial charge in [0.1, 0.15) is 6.54 Å². The summed E-state index contributed by atoms with van der Waals surface area (Å²) in [6.45, 7) is 2.19. The summed E-state index contributed by atoms with van der Waals surface area (Å²) in [6.07, 6.45) is 3.76. The Labute approximate surface area is 196 Å². The Morgan fingerprint density at radius 1 is 1.09 bits per heavy atom. The molecule has 0 bridgehead atoms. The van der Waals surface area contributed by atoms with Crippen LogP contribution in [-0.2, 0) is 25.2 Å². The number of sulfonamides is 1. The zero-order valence-electron chi connectivity index (χ0n) is 18.2. The molecule has 33 heavy (non-hydrogen) atoms. The van der Waals surface area contributed by atoms with Crippen molar-refractivity contribution in [1.29, 1.82) is 0 Å². The second kappa shape index (κ2) is 9.24. The molecule has 2 aliphatic heterocycles. The van der Waals surface area contributed by atoms with Crippen LogP contribution < -0.4 is 10.6 Å². The number of amides is 4. The zero-order chi connectivity index (χ0) is 23.6. The molecular formula is C22H26N4O5S2. The predicted molar refractivity (Wildman–Crippen MR) is 124 cm³/mol. The molecule has 4 rings (SSSR count). The molecule has 1 unspecified atom stereocenters. The van der Waals surface area contributed by atoms with E-state index >= 15 is 0 Å². The van der Waals surface area contributed by atoms with Crippen LogP contribution in [0.25, 0.3) is 0 Å². The van der Waals surface area contributed by atoms with Gasteiger partial charge < -0.3 is 10.6 Å². The Morgan fingerprint density at radius 3 is 2.36 bits per heavy atom. The fourth-order valence-electron chi connectivity index (χ4n) is 4.06. The molecule has 4 amide bonds. The minimum absolute atomic E-state index is 0.170. The van der Waals surface area contributed by atoms with Gasteiger partial charge in [0.05, 0.1) is 4.90 Å². The third-order valence-electron chi connectivity index (χ3n) is 5.93. The number of nitrogens with zero attached hydrogens (tertiary/aromatic N) is 2. The molecule has 2 aliphatic rings. The molecule has 1 aromatic heterocycles. The summed E-state index contributed by atoms with van der Waals surface area (Å²) in [6, 6.07) is 8.83. The van der Waals surface area contributed by atoms with E-state index in [4.69, 9.17) is 0 Å². The van der Waals surface area contributed by atoms with E-state index in [0.29, 0.717) is 23.7 Å². The third kappa shape index (κ3) is 4.66. The van der Waals surface area contributed by atoms with E-state index in [0.717, 1.165) is 30.6 Å². The van der Waals surface area contributed by atoms with Crippen molar-refractivity contribution < 1.29 is 22.8 Å². The number of hydrogen-bond acceptors (Lipinski definition) is 6. The maximum atomic E-state index is 12.9. The van der Waals surface area contributed by atoms with Gasteiger partial charge in [-0.25, -0.2) is 13.2 Å². The predicted octanol–water partition coefficient (Wildman–Crippen LogP) is 2.72. The SMILES string of the molecule is CC1(c2cccs2)NC(=O)N(CC(=O)Nc2ccc(S(=O)(=O)N3CCCCCC3)cc2)C1=O. The molecule has 1 aromatic carbocycles. The first-order valence-corrected chi connectivity index (χ1v) is 13.1. The first-order valence-electron chi connectivity index (χ1n) is 10.8. The van der Waals surface area contributed by atoms with Gasteiger partial charge in [0.15, 0.2) is 5.54 Å². The topological polar surface area (TPSA) is 116 Å². The van der Waals surface area contributed by atoms with Crippen LogP contribution in [0.4, 0.5) is 10.5 Å². The van der Waals surface area contributed by atoms with Crippen molar-refractivity contribution in [1.82, 2.24) is 14.5 Å². The van der Waals surface area contributed by atoms with E-state index in [1.54, 1.807) is 19.1 Å². The number of nitrogens with one attached hydrogen (secondary N) is 2. The molecule has 11 heteroatoms. The standard InChI is InChI=1S/C22H26N4O5S2/c1-22(18-7-6-14-32-18)20(28)26(21(29)24-22)15-19(27)23-16-8-10-17(11-9-16)33(30,31)25-12-4-2-3-5-13-25/h6-11,14H,2-5,12-13,15H2,1H3,(H,23,27)(H,24,29). The maximum absolute atomic E-state index is 12.9. The summed E-state index contributed by atoms with van der Waals surface area (Å²) < 4.78 is 27.3. The van der Waals surface area contributed by atoms with Crippen LogP contribution >= 0.6 is 11.3 Å². The van der Waals surface area contributed by atoms with Gasteiger partial charge in [0.2, 0.25) is 15.9 Å². The third-order valence-corrected chi connectivity index (χ3v) is 8.94. The highest BCUT2D eigenvalue weighted by Gasteiger charge is 2.50. The highest BCUT2D eigenvalue weighted by atomic mass is 32.2. The average molecular weight is 491 g/mol. The highest BCUT2D eigenvalue weighted by molar-refractivity contribution is 7.89. The number of rotatable bonds is 6. The summed E-state index contributed by atoms with van der Waals surface area (Å²) in [5, 5.41) is 7.09. The average Bonchev–Trinajstić information content (AvgIpc) is 3.28. The van der Waals surface area contributed by atoms with Gasteiger partial charge in [-0.15, -0.1) is 11.3 Å². The number of hydrogen-bond donors (Lipinski definition) is 2. The molecule has 3 heterocycles. The number of carbonyl (C=O) groups is 3. The van der Waals surface area contributed by atoms with Crippen molar-refractivity contribution >= 4 is 44.9 Å². The van der Waals surface area contributed by atoms with Gasteiger partial charge in [-0.3, -0.25) is 14.5 Å². The minimum Gasteiger partial charge on any atom is -0.325 e. The largest absolute Gasteiger partial charge is 0.325 e. The van der Waals surface area contributed by atoms with Crippen LogP contribution in [0.3, 0.4) is 0 Å². The Balaban J connectivity index is 1.40. The Kier molecular flexibility index (Phi) is 6.55. The van der Waals surface area contributed by atoms with Gasteiger partial charge in [0.25, 0.3) is 5.91 Å². The smallest absolute Gasteiger partial charge is 0.325 e. The van der Waals surface area contributed by atoms with E-state index < -0.39 is 40.0 Å². The molecule has 0 saturated carbocycles. The number of imide groups is 1. The van der Waals surface area contributed by atoms with E-state index in [1.807, 2.05) is 5.38 Å². The van der Waals surface area contributed by atoms with Gasteiger partial charge in [-0.1, -0.05) is 18.9 Å². The van der Waals surface area contributed by atoms with Crippen molar-refractivity contribution in [2.75, 3.05) is 25.0 Å². The first kappa shape index (κ1) is 23.4. The second-order valence-corrected chi connectivity index (χ2v) is 11.2. The summed E-state index contributed by atoms with van der Waals surface area (Å²) in [7, 11) is -3.58. The summed E-state index contributed by atoms with van der Waals surface area (Å²) >= 11 is 1.35. The molecule has 0 spiro atoms. The minimum atomic E-state index is -3.58. The summed E-state index contributed by atoms with van der Waals surface area (Å²) in [5.41, 5.74) is -0.822. The first-order chi connectivity index (χ1) is 15.7. The van der Waals surface area contributed by atoms with Crippen LogP contribution in [0, 0.1) is 0 Å². The van der Waals surface area contributed by atoms with Crippen molar-refractivity contribution in [2.24, 2.45) is 0 Å². The van der Waals surface area contributed by atoms with Gasteiger partial charge in [0, 0.05) is 23.7 Å². The fourth-order valence-corrected chi connectivity index (χ4v) is 6.41. The van der Waals surface area contributed by atoms with E-state index in [1.165, 1.54) is 39.9 Å². The van der Waals surface area contributed by atoms with Crippen LogP contribution in [0.2, 0.25) is 0 Å². The van der Waals surface area contributed by atoms with Crippen molar-refractivity contribution in [3.63, 3.8) is 0 Å². The highest BCUT2D eigenvalue weighted by Crippen LogP contribution is 2.31. The summed E-state index contributed by atoms with van der Waals surface area (Å²) in [4.78, 5) is 39.5. The van der Waals surface area contributed by atoms with Crippen molar-refractivity contribution in [2.45, 2.75) is 43.0 Å². The lowest BCUT2D eigenvalue weighted by molar-refractivity contribution is -0.133. The van der Waals surface area contributed by atoms with Crippen molar-refractivity contribution in [3.8, 4) is 0 Å². The van der Waals surface area contributed by atoms with Gasteiger partial charge in [-0.05, 0) is 55.5 Å². The van der Waals surface area contributed by atoms with Gasteiger partial charge >= 0.3 is 6.03 Å². The molecule has 9 nitrogen and oxygen atoms in total. The molecule has 2 saturated heterocycles. The fraction of sp³-hybridized carbons (Fsp3) is 0.409. The lowest BCUT2D eigenvalue weighted by Crippen LogP contribution is -2.41. The molecule has 2 N–H and O–H groups in total. The van der Waals surface area contributed by atoms with E-state index in [-0.39, 0.29) is 4.90 Å².